The number of aromatic nitrogens is 3. The second-order valence-corrected chi connectivity index (χ2v) is 6.88. The average molecular weight is 354 g/mol. The molecule has 0 spiro atoms. The highest BCUT2D eigenvalue weighted by Crippen LogP contribution is 2.21. The van der Waals surface area contributed by atoms with Crippen LogP contribution in [-0.2, 0) is 4.74 Å². The van der Waals surface area contributed by atoms with E-state index < -0.39 is 0 Å². The van der Waals surface area contributed by atoms with Gasteiger partial charge in [-0.1, -0.05) is 6.07 Å². The molecule has 1 N–H and O–H groups in total. The molecule has 26 heavy (non-hydrogen) atoms. The summed E-state index contributed by atoms with van der Waals surface area (Å²) >= 11 is 0. The second-order valence-electron chi connectivity index (χ2n) is 6.88. The van der Waals surface area contributed by atoms with Gasteiger partial charge < -0.3 is 19.9 Å². The Hall–Kier alpha value is -2.41. The molecule has 0 saturated carbocycles. The van der Waals surface area contributed by atoms with E-state index in [-0.39, 0.29) is 0 Å². The Kier molecular flexibility index (Phi) is 5.15. The molecule has 0 bridgehead atoms. The minimum atomic E-state index is 0.434. The van der Waals surface area contributed by atoms with Crippen LogP contribution in [-0.4, -0.2) is 60.4 Å². The third-order valence-corrected chi connectivity index (χ3v) is 4.98. The summed E-state index contributed by atoms with van der Waals surface area (Å²) in [4.78, 5) is 18.3. The predicted octanol–water partition coefficient (Wildman–Crippen LogP) is 2.10. The van der Waals surface area contributed by atoms with Crippen LogP contribution >= 0.6 is 0 Å². The van der Waals surface area contributed by atoms with Crippen molar-refractivity contribution in [2.24, 2.45) is 0 Å². The summed E-state index contributed by atoms with van der Waals surface area (Å²) in [5.41, 5.74) is 1.07. The van der Waals surface area contributed by atoms with Gasteiger partial charge in [-0.15, -0.1) is 0 Å². The van der Waals surface area contributed by atoms with E-state index in [0.29, 0.717) is 6.04 Å². The lowest BCUT2D eigenvalue weighted by atomic mass is 10.1. The van der Waals surface area contributed by atoms with Gasteiger partial charge in [0.05, 0.1) is 13.2 Å². The van der Waals surface area contributed by atoms with E-state index in [2.05, 4.69) is 37.2 Å². The fourth-order valence-corrected chi connectivity index (χ4v) is 3.51. The molecule has 138 valence electrons. The summed E-state index contributed by atoms with van der Waals surface area (Å²) in [5, 5.41) is 3.59. The van der Waals surface area contributed by atoms with Crippen LogP contribution in [0.1, 0.15) is 18.5 Å². The number of hydrogen-bond acceptors (Lipinski definition) is 7. The smallest absolute Gasteiger partial charge is 0.227 e. The van der Waals surface area contributed by atoms with Crippen LogP contribution < -0.4 is 15.1 Å². The molecule has 2 fully saturated rings. The number of anilines is 3. The number of rotatable bonds is 4. The van der Waals surface area contributed by atoms with Crippen LogP contribution in [0.25, 0.3) is 0 Å². The number of nitrogens with zero attached hydrogens (tertiary/aromatic N) is 5. The first-order valence-corrected chi connectivity index (χ1v) is 9.39. The highest BCUT2D eigenvalue weighted by Gasteiger charge is 2.21. The van der Waals surface area contributed by atoms with Crippen molar-refractivity contribution < 1.29 is 4.74 Å². The average Bonchev–Trinajstić information content (AvgIpc) is 2.69. The van der Waals surface area contributed by atoms with Gasteiger partial charge in [-0.3, -0.25) is 0 Å². The number of pyridine rings is 1. The van der Waals surface area contributed by atoms with Gasteiger partial charge in [0, 0.05) is 44.1 Å². The lowest BCUT2D eigenvalue weighted by Crippen LogP contribution is -2.40. The SMILES string of the molecule is Cc1cccc(N2CCC(Nc3ccnc(N4CCOCC4)n3)CC2)n1. The van der Waals surface area contributed by atoms with Crippen LogP contribution in [0, 0.1) is 6.92 Å². The number of nitrogens with one attached hydrogen (secondary N) is 1. The minimum absolute atomic E-state index is 0.434. The maximum atomic E-state index is 5.40. The molecule has 0 aliphatic carbocycles. The van der Waals surface area contributed by atoms with Gasteiger partial charge >= 0.3 is 0 Å². The number of aryl methyl sites for hydroxylation is 1. The highest BCUT2D eigenvalue weighted by atomic mass is 16.5. The molecule has 0 radical (unpaired) electrons. The Bertz CT molecular complexity index is 725. The Morgan fingerprint density at radius 3 is 2.58 bits per heavy atom. The zero-order valence-electron chi connectivity index (χ0n) is 15.3. The second kappa shape index (κ2) is 7.86. The predicted molar refractivity (Wildman–Crippen MR) is 103 cm³/mol. The van der Waals surface area contributed by atoms with Gasteiger partial charge in [-0.25, -0.2) is 9.97 Å². The van der Waals surface area contributed by atoms with Crippen LogP contribution in [0.2, 0.25) is 0 Å². The van der Waals surface area contributed by atoms with E-state index in [1.54, 1.807) is 0 Å². The zero-order chi connectivity index (χ0) is 17.8. The summed E-state index contributed by atoms with van der Waals surface area (Å²) in [6.07, 6.45) is 3.99. The first-order chi connectivity index (χ1) is 12.8. The molecule has 7 nitrogen and oxygen atoms in total. The molecule has 0 atom stereocenters. The third-order valence-electron chi connectivity index (χ3n) is 4.98. The quantitative estimate of drug-likeness (QED) is 0.902. The summed E-state index contributed by atoms with van der Waals surface area (Å²) in [5.74, 6) is 2.79. The van der Waals surface area contributed by atoms with Crippen molar-refractivity contribution in [2.75, 3.05) is 54.5 Å². The zero-order valence-corrected chi connectivity index (χ0v) is 15.3. The lowest BCUT2D eigenvalue weighted by Gasteiger charge is -2.33. The summed E-state index contributed by atoms with van der Waals surface area (Å²) in [6.45, 7) is 7.25. The fraction of sp³-hybridized carbons (Fsp3) is 0.526. The first-order valence-electron chi connectivity index (χ1n) is 9.39. The van der Waals surface area contributed by atoms with Crippen molar-refractivity contribution in [1.82, 2.24) is 15.0 Å². The minimum Gasteiger partial charge on any atom is -0.378 e. The Balaban J connectivity index is 1.34. The number of piperidine rings is 1. The Morgan fingerprint density at radius 2 is 1.81 bits per heavy atom. The molecule has 2 aromatic rings. The van der Waals surface area contributed by atoms with Crippen molar-refractivity contribution in [3.8, 4) is 0 Å². The van der Waals surface area contributed by atoms with Gasteiger partial charge in [0.2, 0.25) is 5.95 Å². The highest BCUT2D eigenvalue weighted by molar-refractivity contribution is 5.44. The normalized spacial score (nSPS) is 18.8. The van der Waals surface area contributed by atoms with E-state index >= 15 is 0 Å². The van der Waals surface area contributed by atoms with E-state index in [9.17, 15) is 0 Å². The molecule has 7 heteroatoms. The maximum Gasteiger partial charge on any atom is 0.227 e. The van der Waals surface area contributed by atoms with Gasteiger partial charge in [0.15, 0.2) is 0 Å². The van der Waals surface area contributed by atoms with Crippen molar-refractivity contribution in [3.63, 3.8) is 0 Å². The van der Waals surface area contributed by atoms with Crippen molar-refractivity contribution >= 4 is 17.6 Å². The fourth-order valence-electron chi connectivity index (χ4n) is 3.51. The van der Waals surface area contributed by atoms with Crippen LogP contribution in [0.15, 0.2) is 30.5 Å². The van der Waals surface area contributed by atoms with Crippen LogP contribution in [0.4, 0.5) is 17.6 Å². The maximum absolute atomic E-state index is 5.40. The van der Waals surface area contributed by atoms with Crippen molar-refractivity contribution in [3.05, 3.63) is 36.2 Å². The molecule has 2 aromatic heterocycles. The van der Waals surface area contributed by atoms with E-state index in [1.165, 1.54) is 0 Å². The van der Waals surface area contributed by atoms with Gasteiger partial charge in [-0.05, 0) is 38.0 Å². The Morgan fingerprint density at radius 1 is 1.00 bits per heavy atom. The molecule has 0 aromatic carbocycles. The molecule has 4 rings (SSSR count). The molecular weight excluding hydrogens is 328 g/mol. The standard InChI is InChI=1S/C19H26N6O/c1-15-3-2-4-18(21-15)24-9-6-16(7-10-24)22-17-5-8-20-19(23-17)25-11-13-26-14-12-25/h2-5,8,16H,6-7,9-14H2,1H3,(H,20,22,23). The molecular formula is C19H26N6O. The number of ether oxygens (including phenoxy) is 1. The van der Waals surface area contributed by atoms with Gasteiger partial charge in [0.1, 0.15) is 11.6 Å². The molecule has 2 aliphatic heterocycles. The summed E-state index contributed by atoms with van der Waals surface area (Å²) in [6, 6.07) is 8.61. The largest absolute Gasteiger partial charge is 0.378 e. The first kappa shape index (κ1) is 17.0. The summed E-state index contributed by atoms with van der Waals surface area (Å²) < 4.78 is 5.40. The molecule has 2 aliphatic rings. The molecule has 2 saturated heterocycles. The summed E-state index contributed by atoms with van der Waals surface area (Å²) in [7, 11) is 0. The van der Waals surface area contributed by atoms with Gasteiger partial charge in [-0.2, -0.15) is 4.98 Å². The number of morpholine rings is 1. The monoisotopic (exact) mass is 354 g/mol. The third kappa shape index (κ3) is 4.04. The van der Waals surface area contributed by atoms with Crippen LogP contribution in [0.5, 0.6) is 0 Å². The van der Waals surface area contributed by atoms with E-state index in [4.69, 9.17) is 9.72 Å². The molecule has 4 heterocycles. The van der Waals surface area contributed by atoms with Crippen LogP contribution in [0.3, 0.4) is 0 Å². The van der Waals surface area contributed by atoms with E-state index in [1.807, 2.05) is 25.3 Å². The van der Waals surface area contributed by atoms with E-state index in [0.717, 1.165) is 75.5 Å². The van der Waals surface area contributed by atoms with Crippen molar-refractivity contribution in [2.45, 2.75) is 25.8 Å². The topological polar surface area (TPSA) is 66.4 Å². The van der Waals surface area contributed by atoms with Crippen molar-refractivity contribution in [1.29, 1.82) is 0 Å². The Labute approximate surface area is 154 Å². The molecule has 0 amide bonds. The van der Waals surface area contributed by atoms with Gasteiger partial charge in [0.25, 0.3) is 0 Å². The lowest BCUT2D eigenvalue weighted by molar-refractivity contribution is 0.122. The number of hydrogen-bond donors (Lipinski definition) is 1. The molecule has 0 unspecified atom stereocenters.